The molecule has 0 fully saturated rings. The number of hydrogen-bond acceptors (Lipinski definition) is 4. The fourth-order valence-electron chi connectivity index (χ4n) is 4.57. The van der Waals surface area contributed by atoms with Crippen molar-refractivity contribution in [2.75, 3.05) is 0 Å². The summed E-state index contributed by atoms with van der Waals surface area (Å²) < 4.78 is 3.72. The van der Waals surface area contributed by atoms with E-state index in [1.54, 1.807) is 10.8 Å². The van der Waals surface area contributed by atoms with Crippen molar-refractivity contribution in [3.8, 4) is 11.1 Å². The number of benzene rings is 2. The minimum Gasteiger partial charge on any atom is -0.309 e. The van der Waals surface area contributed by atoms with Crippen molar-refractivity contribution in [3.05, 3.63) is 137 Å². The second-order valence-electron chi connectivity index (χ2n) is 8.89. The molecule has 36 heavy (non-hydrogen) atoms. The summed E-state index contributed by atoms with van der Waals surface area (Å²) in [6.45, 7) is 1.98. The Morgan fingerprint density at radius 3 is 2.36 bits per heavy atom. The van der Waals surface area contributed by atoms with Crippen LogP contribution in [0.4, 0.5) is 0 Å². The lowest BCUT2D eigenvalue weighted by Crippen LogP contribution is -2.20. The molecule has 0 spiro atoms. The van der Waals surface area contributed by atoms with Crippen LogP contribution in [0.1, 0.15) is 16.8 Å². The second kappa shape index (κ2) is 9.60. The van der Waals surface area contributed by atoms with Crippen molar-refractivity contribution in [1.29, 1.82) is 0 Å². The number of aromatic nitrogens is 4. The maximum atomic E-state index is 13.3. The van der Waals surface area contributed by atoms with Gasteiger partial charge in [0.25, 0.3) is 5.56 Å². The van der Waals surface area contributed by atoms with Crippen molar-refractivity contribution in [3.63, 3.8) is 0 Å². The number of pyridine rings is 3. The Labute approximate surface area is 208 Å². The molecule has 1 N–H and O–H groups in total. The summed E-state index contributed by atoms with van der Waals surface area (Å²) in [6.07, 6.45) is 9.39. The largest absolute Gasteiger partial charge is 0.309 e. The van der Waals surface area contributed by atoms with Gasteiger partial charge in [0.2, 0.25) is 0 Å². The van der Waals surface area contributed by atoms with E-state index in [4.69, 9.17) is 4.98 Å². The molecule has 0 aliphatic carbocycles. The molecule has 6 nitrogen and oxygen atoms in total. The van der Waals surface area contributed by atoms with E-state index in [2.05, 4.69) is 46.8 Å². The van der Waals surface area contributed by atoms with Gasteiger partial charge in [-0.25, -0.2) is 4.98 Å². The van der Waals surface area contributed by atoms with E-state index in [0.29, 0.717) is 11.9 Å². The van der Waals surface area contributed by atoms with Crippen molar-refractivity contribution < 1.29 is 0 Å². The summed E-state index contributed by atoms with van der Waals surface area (Å²) in [7, 11) is 0. The van der Waals surface area contributed by atoms with Gasteiger partial charge < -0.3 is 14.3 Å². The van der Waals surface area contributed by atoms with Crippen LogP contribution in [0.2, 0.25) is 0 Å². The summed E-state index contributed by atoms with van der Waals surface area (Å²) in [5.74, 6) is 0. The molecule has 0 radical (unpaired) electrons. The average molecular weight is 472 g/mol. The molecule has 6 rings (SSSR count). The molecule has 0 aliphatic heterocycles. The Bertz CT molecular complexity index is 1700. The third-order valence-electron chi connectivity index (χ3n) is 6.38. The Hall–Kier alpha value is -4.55. The molecule has 6 aromatic rings. The van der Waals surface area contributed by atoms with Gasteiger partial charge in [0, 0.05) is 49.6 Å². The number of imidazole rings is 1. The molecular formula is C30H25N5O. The highest BCUT2D eigenvalue weighted by Crippen LogP contribution is 2.25. The monoisotopic (exact) mass is 471 g/mol. The molecular weight excluding hydrogens is 446 g/mol. The molecule has 4 aromatic heterocycles. The zero-order valence-electron chi connectivity index (χ0n) is 19.7. The molecule has 0 saturated heterocycles. The van der Waals surface area contributed by atoms with Gasteiger partial charge in [-0.1, -0.05) is 66.7 Å². The molecule has 176 valence electrons. The lowest BCUT2D eigenvalue weighted by atomic mass is 10.0. The predicted octanol–water partition coefficient (Wildman–Crippen LogP) is 5.05. The van der Waals surface area contributed by atoms with Crippen LogP contribution in [0.5, 0.6) is 0 Å². The van der Waals surface area contributed by atoms with Crippen LogP contribution in [0.15, 0.2) is 115 Å². The van der Waals surface area contributed by atoms with Crippen molar-refractivity contribution >= 4 is 16.4 Å². The maximum absolute atomic E-state index is 13.3. The standard InChI is InChI=1S/C30H25N5O/c36-30-28-18-32-17-27(24-9-5-2-6-10-24)26(28)13-14-34(30)20-25-21-35-19-23(11-12-29(35)33-25)16-31-15-22-7-3-1-4-8-22/h1-14,17-19,21,31H,15-16,20H2. The molecule has 0 unspecified atom stereocenters. The summed E-state index contributed by atoms with van der Waals surface area (Å²) in [5, 5.41) is 4.99. The topological polar surface area (TPSA) is 64.2 Å². The Morgan fingerprint density at radius 1 is 0.750 bits per heavy atom. The van der Waals surface area contributed by atoms with Crippen LogP contribution in [0, 0.1) is 0 Å². The van der Waals surface area contributed by atoms with Gasteiger partial charge in [-0.2, -0.15) is 0 Å². The first-order chi connectivity index (χ1) is 17.7. The van der Waals surface area contributed by atoms with Gasteiger partial charge in [0.15, 0.2) is 0 Å². The molecule has 0 aliphatic rings. The number of hydrogen-bond donors (Lipinski definition) is 1. The maximum Gasteiger partial charge on any atom is 0.260 e. The first-order valence-corrected chi connectivity index (χ1v) is 12.0. The van der Waals surface area contributed by atoms with Crippen LogP contribution in [-0.4, -0.2) is 18.9 Å². The third kappa shape index (κ3) is 4.42. The van der Waals surface area contributed by atoms with Crippen molar-refractivity contribution in [2.45, 2.75) is 19.6 Å². The minimum atomic E-state index is -0.0689. The first kappa shape index (κ1) is 21.9. The van der Waals surface area contributed by atoms with E-state index < -0.39 is 0 Å². The van der Waals surface area contributed by atoms with Gasteiger partial charge in [-0.05, 0) is 34.2 Å². The number of nitrogens with one attached hydrogen (secondary N) is 1. The molecule has 2 aromatic carbocycles. The highest BCUT2D eigenvalue weighted by atomic mass is 16.1. The fourth-order valence-corrected chi connectivity index (χ4v) is 4.57. The fraction of sp³-hybridized carbons (Fsp3) is 0.100. The Balaban J connectivity index is 1.23. The normalized spacial score (nSPS) is 11.3. The smallest absolute Gasteiger partial charge is 0.260 e. The molecule has 0 bridgehead atoms. The third-order valence-corrected chi connectivity index (χ3v) is 6.38. The Kier molecular flexibility index (Phi) is 5.85. The van der Waals surface area contributed by atoms with Gasteiger partial charge in [0.05, 0.1) is 17.6 Å². The Morgan fingerprint density at radius 2 is 1.53 bits per heavy atom. The lowest BCUT2D eigenvalue weighted by Gasteiger charge is -2.09. The number of rotatable bonds is 7. The lowest BCUT2D eigenvalue weighted by molar-refractivity contribution is 0.690. The summed E-state index contributed by atoms with van der Waals surface area (Å²) >= 11 is 0. The van der Waals surface area contributed by atoms with Gasteiger partial charge >= 0.3 is 0 Å². The SMILES string of the molecule is O=c1c2cncc(-c3ccccc3)c2ccn1Cc1cn2cc(CNCc3ccccc3)ccc2n1. The zero-order valence-corrected chi connectivity index (χ0v) is 19.7. The molecule has 0 saturated carbocycles. The summed E-state index contributed by atoms with van der Waals surface area (Å²) in [5.41, 5.74) is 6.05. The van der Waals surface area contributed by atoms with E-state index in [0.717, 1.165) is 40.9 Å². The average Bonchev–Trinajstić information content (AvgIpc) is 3.33. The van der Waals surface area contributed by atoms with E-state index in [1.165, 1.54) is 11.1 Å². The van der Waals surface area contributed by atoms with Crippen molar-refractivity contribution in [1.82, 2.24) is 24.3 Å². The quantitative estimate of drug-likeness (QED) is 0.354. The number of nitrogens with zero attached hydrogens (tertiary/aromatic N) is 4. The minimum absolute atomic E-state index is 0.0689. The summed E-state index contributed by atoms with van der Waals surface area (Å²) in [6, 6.07) is 26.5. The number of fused-ring (bicyclic) bond motifs is 2. The van der Waals surface area contributed by atoms with E-state index in [1.807, 2.05) is 71.5 Å². The van der Waals surface area contributed by atoms with Crippen molar-refractivity contribution in [2.24, 2.45) is 0 Å². The highest BCUT2D eigenvalue weighted by molar-refractivity contribution is 5.95. The molecule has 4 heterocycles. The molecule has 6 heteroatoms. The van der Waals surface area contributed by atoms with Crippen LogP contribution < -0.4 is 10.9 Å². The molecule has 0 atom stereocenters. The summed E-state index contributed by atoms with van der Waals surface area (Å²) in [4.78, 5) is 22.4. The van der Waals surface area contributed by atoms with Crippen LogP contribution in [-0.2, 0) is 19.6 Å². The van der Waals surface area contributed by atoms with E-state index in [-0.39, 0.29) is 5.56 Å². The van der Waals surface area contributed by atoms with Crippen LogP contribution in [0.3, 0.4) is 0 Å². The first-order valence-electron chi connectivity index (χ1n) is 12.0. The van der Waals surface area contributed by atoms with E-state index in [9.17, 15) is 4.79 Å². The van der Waals surface area contributed by atoms with Gasteiger partial charge in [0.1, 0.15) is 5.65 Å². The second-order valence-corrected chi connectivity index (χ2v) is 8.89. The van der Waals surface area contributed by atoms with Crippen LogP contribution in [0.25, 0.3) is 27.5 Å². The highest BCUT2D eigenvalue weighted by Gasteiger charge is 2.11. The van der Waals surface area contributed by atoms with Gasteiger partial charge in [-0.15, -0.1) is 0 Å². The van der Waals surface area contributed by atoms with Gasteiger partial charge in [-0.3, -0.25) is 9.78 Å². The van der Waals surface area contributed by atoms with Crippen LogP contribution >= 0.6 is 0 Å². The molecule has 0 amide bonds. The van der Waals surface area contributed by atoms with E-state index >= 15 is 0 Å². The predicted molar refractivity (Wildman–Crippen MR) is 143 cm³/mol. The zero-order chi connectivity index (χ0) is 24.3.